The van der Waals surface area contributed by atoms with Gasteiger partial charge in [-0.05, 0) is 24.6 Å². The molecule has 0 aromatic heterocycles. The van der Waals surface area contributed by atoms with Gasteiger partial charge in [0.2, 0.25) is 5.91 Å². The van der Waals surface area contributed by atoms with Gasteiger partial charge < -0.3 is 11.1 Å². The third kappa shape index (κ3) is 3.53. The fourth-order valence-electron chi connectivity index (χ4n) is 1.28. The maximum absolute atomic E-state index is 11.6. The molecular weight excluding hydrogens is 212 g/mol. The molecule has 1 amide bonds. The Kier molecular flexibility index (Phi) is 4.59. The van der Waals surface area contributed by atoms with Crippen LogP contribution in [0.2, 0.25) is 5.02 Å². The minimum Gasteiger partial charge on any atom is -0.354 e. The number of nitrogens with two attached hydrogens (primary N) is 1. The van der Waals surface area contributed by atoms with Gasteiger partial charge in [0.25, 0.3) is 0 Å². The number of amides is 1. The molecule has 82 valence electrons. The fourth-order valence-corrected chi connectivity index (χ4v) is 1.47. The summed E-state index contributed by atoms with van der Waals surface area (Å²) in [4.78, 5) is 11.6. The number of nitrogens with one attached hydrogen (secondary N) is 1. The van der Waals surface area contributed by atoms with Crippen LogP contribution in [-0.4, -0.2) is 19.0 Å². The third-order valence-electron chi connectivity index (χ3n) is 2.19. The van der Waals surface area contributed by atoms with Gasteiger partial charge in [-0.25, -0.2) is 0 Å². The number of hydrogen-bond donors (Lipinski definition) is 2. The first-order valence-corrected chi connectivity index (χ1v) is 5.26. The summed E-state index contributed by atoms with van der Waals surface area (Å²) in [7, 11) is 0. The number of rotatable bonds is 4. The zero-order valence-electron chi connectivity index (χ0n) is 8.66. The van der Waals surface area contributed by atoms with E-state index in [0.29, 0.717) is 18.1 Å². The van der Waals surface area contributed by atoms with Gasteiger partial charge in [0, 0.05) is 18.1 Å². The van der Waals surface area contributed by atoms with Crippen LogP contribution < -0.4 is 11.1 Å². The van der Waals surface area contributed by atoms with E-state index in [2.05, 4.69) is 5.32 Å². The molecule has 0 heterocycles. The van der Waals surface area contributed by atoms with E-state index in [-0.39, 0.29) is 11.8 Å². The minimum atomic E-state index is -0.199. The molecule has 1 unspecified atom stereocenters. The van der Waals surface area contributed by atoms with E-state index in [1.807, 2.05) is 19.1 Å². The van der Waals surface area contributed by atoms with E-state index in [9.17, 15) is 4.79 Å². The molecule has 0 aliphatic carbocycles. The fraction of sp³-hybridized carbons (Fsp3) is 0.364. The highest BCUT2D eigenvalue weighted by Crippen LogP contribution is 2.19. The third-order valence-corrected chi connectivity index (χ3v) is 2.42. The van der Waals surface area contributed by atoms with Crippen LogP contribution >= 0.6 is 11.6 Å². The zero-order chi connectivity index (χ0) is 11.3. The van der Waals surface area contributed by atoms with E-state index in [1.165, 1.54) is 0 Å². The molecule has 0 radical (unpaired) electrons. The van der Waals surface area contributed by atoms with Crippen LogP contribution in [0.3, 0.4) is 0 Å². The Balaban J connectivity index is 2.67. The van der Waals surface area contributed by atoms with Crippen molar-refractivity contribution in [2.24, 2.45) is 5.73 Å². The average Bonchev–Trinajstić information content (AvgIpc) is 2.24. The molecule has 0 bridgehead atoms. The smallest absolute Gasteiger partial charge is 0.227 e. The van der Waals surface area contributed by atoms with Gasteiger partial charge in [-0.3, -0.25) is 4.79 Å². The lowest BCUT2D eigenvalue weighted by atomic mass is 10.0. The Bertz CT molecular complexity index is 341. The van der Waals surface area contributed by atoms with Gasteiger partial charge in [0.1, 0.15) is 0 Å². The number of benzene rings is 1. The van der Waals surface area contributed by atoms with Crippen molar-refractivity contribution < 1.29 is 4.79 Å². The number of carbonyl (C=O) groups is 1. The van der Waals surface area contributed by atoms with Gasteiger partial charge in [-0.2, -0.15) is 0 Å². The molecule has 3 N–H and O–H groups in total. The summed E-state index contributed by atoms with van der Waals surface area (Å²) in [5, 5.41) is 3.39. The van der Waals surface area contributed by atoms with Crippen molar-refractivity contribution >= 4 is 17.5 Å². The van der Waals surface area contributed by atoms with Gasteiger partial charge in [0.05, 0.1) is 5.92 Å². The molecule has 0 aliphatic rings. The summed E-state index contributed by atoms with van der Waals surface area (Å²) in [5.74, 6) is -0.224. The highest BCUT2D eigenvalue weighted by molar-refractivity contribution is 6.30. The van der Waals surface area contributed by atoms with Crippen molar-refractivity contribution in [3.05, 3.63) is 34.9 Å². The molecule has 0 aliphatic heterocycles. The van der Waals surface area contributed by atoms with Crippen LogP contribution in [0.15, 0.2) is 24.3 Å². The summed E-state index contributed by atoms with van der Waals surface area (Å²) >= 11 is 5.85. The molecule has 15 heavy (non-hydrogen) atoms. The van der Waals surface area contributed by atoms with E-state index in [4.69, 9.17) is 17.3 Å². The molecule has 4 heteroatoms. The molecule has 1 aromatic carbocycles. The van der Waals surface area contributed by atoms with E-state index < -0.39 is 0 Å². The SMILES string of the molecule is CC(C(=O)NCCN)c1cccc(Cl)c1. The molecule has 1 rings (SSSR count). The maximum atomic E-state index is 11.6. The first kappa shape index (κ1) is 12.0. The molecule has 0 saturated heterocycles. The van der Waals surface area contributed by atoms with Crippen molar-refractivity contribution in [1.29, 1.82) is 0 Å². The number of hydrogen-bond acceptors (Lipinski definition) is 2. The average molecular weight is 227 g/mol. The number of carbonyl (C=O) groups excluding carboxylic acids is 1. The molecule has 0 spiro atoms. The van der Waals surface area contributed by atoms with Crippen molar-refractivity contribution in [3.8, 4) is 0 Å². The second kappa shape index (κ2) is 5.73. The van der Waals surface area contributed by atoms with Gasteiger partial charge in [-0.15, -0.1) is 0 Å². The van der Waals surface area contributed by atoms with Crippen molar-refractivity contribution in [3.63, 3.8) is 0 Å². The summed E-state index contributed by atoms with van der Waals surface area (Å²) in [6.45, 7) is 2.80. The predicted molar refractivity (Wildman–Crippen MR) is 61.9 cm³/mol. The lowest BCUT2D eigenvalue weighted by molar-refractivity contribution is -0.122. The summed E-state index contributed by atoms with van der Waals surface area (Å²) in [6, 6.07) is 7.31. The molecule has 0 saturated carbocycles. The topological polar surface area (TPSA) is 55.1 Å². The van der Waals surface area contributed by atoms with Crippen LogP contribution in [-0.2, 0) is 4.79 Å². The lowest BCUT2D eigenvalue weighted by Gasteiger charge is -2.12. The molecular formula is C11H15ClN2O. The van der Waals surface area contributed by atoms with Crippen molar-refractivity contribution in [1.82, 2.24) is 5.32 Å². The van der Waals surface area contributed by atoms with E-state index in [1.54, 1.807) is 12.1 Å². The number of halogens is 1. The highest BCUT2D eigenvalue weighted by atomic mass is 35.5. The van der Waals surface area contributed by atoms with Crippen LogP contribution in [0.25, 0.3) is 0 Å². The van der Waals surface area contributed by atoms with Crippen molar-refractivity contribution in [2.75, 3.05) is 13.1 Å². The summed E-state index contributed by atoms with van der Waals surface area (Å²) < 4.78 is 0. The quantitative estimate of drug-likeness (QED) is 0.818. The van der Waals surface area contributed by atoms with Crippen molar-refractivity contribution in [2.45, 2.75) is 12.8 Å². The second-order valence-corrected chi connectivity index (χ2v) is 3.79. The first-order valence-electron chi connectivity index (χ1n) is 4.88. The van der Waals surface area contributed by atoms with E-state index >= 15 is 0 Å². The van der Waals surface area contributed by atoms with Crippen LogP contribution in [0, 0.1) is 0 Å². The highest BCUT2D eigenvalue weighted by Gasteiger charge is 2.14. The molecule has 1 aromatic rings. The monoisotopic (exact) mass is 226 g/mol. The largest absolute Gasteiger partial charge is 0.354 e. The zero-order valence-corrected chi connectivity index (χ0v) is 9.42. The normalized spacial score (nSPS) is 12.2. The lowest BCUT2D eigenvalue weighted by Crippen LogP contribution is -2.32. The van der Waals surface area contributed by atoms with Gasteiger partial charge in [-0.1, -0.05) is 23.7 Å². The van der Waals surface area contributed by atoms with Crippen LogP contribution in [0.4, 0.5) is 0 Å². The summed E-state index contributed by atoms with van der Waals surface area (Å²) in [5.41, 5.74) is 6.22. The summed E-state index contributed by atoms with van der Waals surface area (Å²) in [6.07, 6.45) is 0. The molecule has 0 fully saturated rings. The van der Waals surface area contributed by atoms with Gasteiger partial charge >= 0.3 is 0 Å². The van der Waals surface area contributed by atoms with Crippen LogP contribution in [0.1, 0.15) is 18.4 Å². The Hall–Kier alpha value is -1.06. The Morgan fingerprint density at radius 3 is 2.93 bits per heavy atom. The first-order chi connectivity index (χ1) is 7.15. The minimum absolute atomic E-state index is 0.0253. The Morgan fingerprint density at radius 2 is 2.33 bits per heavy atom. The second-order valence-electron chi connectivity index (χ2n) is 3.36. The van der Waals surface area contributed by atoms with Gasteiger partial charge in [0.15, 0.2) is 0 Å². The molecule has 1 atom stereocenters. The Morgan fingerprint density at radius 1 is 1.60 bits per heavy atom. The maximum Gasteiger partial charge on any atom is 0.227 e. The molecule has 3 nitrogen and oxygen atoms in total. The van der Waals surface area contributed by atoms with E-state index in [0.717, 1.165) is 5.56 Å². The Labute approximate surface area is 94.6 Å². The standard InChI is InChI=1S/C11H15ClN2O/c1-8(11(15)14-6-5-13)9-3-2-4-10(12)7-9/h2-4,7-8H,5-6,13H2,1H3,(H,14,15). The van der Waals surface area contributed by atoms with Crippen LogP contribution in [0.5, 0.6) is 0 Å². The predicted octanol–water partition coefficient (Wildman–Crippen LogP) is 1.52.